The van der Waals surface area contributed by atoms with Gasteiger partial charge in [0, 0.05) is 57.4 Å². The molecule has 3 aliphatic rings. The molecule has 3 aromatic rings. The smallest absolute Gasteiger partial charge is 0.475 e. The van der Waals surface area contributed by atoms with Crippen molar-refractivity contribution in [3.63, 3.8) is 0 Å². The van der Waals surface area contributed by atoms with Gasteiger partial charge in [-0.1, -0.05) is 54.8 Å². The Morgan fingerprint density at radius 3 is 2.27 bits per heavy atom. The van der Waals surface area contributed by atoms with Gasteiger partial charge in [0.25, 0.3) is 5.91 Å². The first kappa shape index (κ1) is 39.3. The summed E-state index contributed by atoms with van der Waals surface area (Å²) in [4.78, 5) is 41.6. The summed E-state index contributed by atoms with van der Waals surface area (Å²) < 4.78 is 43.2. The molecule has 3 fully saturated rings. The van der Waals surface area contributed by atoms with Crippen molar-refractivity contribution in [1.82, 2.24) is 20.4 Å². The van der Waals surface area contributed by atoms with Crippen LogP contribution in [0.4, 0.5) is 13.2 Å². The molecule has 2 aliphatic heterocycles. The quantitative estimate of drug-likeness (QED) is 0.209. The molecule has 13 heteroatoms. The minimum atomic E-state index is -5.08. The van der Waals surface area contributed by atoms with Crippen molar-refractivity contribution in [3.05, 3.63) is 71.5 Å². The lowest BCUT2D eigenvalue weighted by molar-refractivity contribution is -0.192. The summed E-state index contributed by atoms with van der Waals surface area (Å²) in [5.41, 5.74) is 2.09. The van der Waals surface area contributed by atoms with Crippen molar-refractivity contribution in [2.45, 2.75) is 82.5 Å². The number of carboxylic acid groups (broad SMARTS) is 1. The molecule has 6 rings (SSSR count). The fourth-order valence-electron chi connectivity index (χ4n) is 7.44. The van der Waals surface area contributed by atoms with Crippen LogP contribution in [0.15, 0.2) is 59.0 Å². The highest BCUT2D eigenvalue weighted by atomic mass is 19.4. The van der Waals surface area contributed by atoms with E-state index in [1.807, 2.05) is 31.2 Å². The molecule has 284 valence electrons. The summed E-state index contributed by atoms with van der Waals surface area (Å²) in [6.45, 7) is 10.6. The molecule has 2 saturated heterocycles. The Morgan fingerprint density at radius 1 is 0.962 bits per heavy atom. The predicted molar refractivity (Wildman–Crippen MR) is 191 cm³/mol. The van der Waals surface area contributed by atoms with Crippen LogP contribution in [0.5, 0.6) is 0 Å². The maximum Gasteiger partial charge on any atom is 0.490 e. The number of hydrogen-bond donors (Lipinski definition) is 3. The molecule has 0 spiro atoms. The molecule has 0 bridgehead atoms. The molecule has 0 unspecified atom stereocenters. The normalized spacial score (nSPS) is 19.1. The average Bonchev–Trinajstić information content (AvgIpc) is 3.78. The van der Waals surface area contributed by atoms with Crippen molar-refractivity contribution in [2.75, 3.05) is 52.5 Å². The van der Waals surface area contributed by atoms with Crippen molar-refractivity contribution < 1.29 is 41.8 Å². The molecule has 1 atom stereocenters. The van der Waals surface area contributed by atoms with Crippen LogP contribution < -0.4 is 10.6 Å². The Hall–Kier alpha value is -3.94. The summed E-state index contributed by atoms with van der Waals surface area (Å²) in [5, 5.41) is 14.6. The first-order valence-corrected chi connectivity index (χ1v) is 18.4. The third-order valence-corrected chi connectivity index (χ3v) is 10.4. The molecule has 3 heterocycles. The second-order valence-corrected chi connectivity index (χ2v) is 14.4. The number of nitrogens with zero attached hydrogens (tertiary/aromatic N) is 2. The van der Waals surface area contributed by atoms with Crippen LogP contribution in [0.3, 0.4) is 0 Å². The Kier molecular flexibility index (Phi) is 13.7. The van der Waals surface area contributed by atoms with Gasteiger partial charge in [-0.25, -0.2) is 4.79 Å². The number of nitrogens with one attached hydrogen (secondary N) is 2. The summed E-state index contributed by atoms with van der Waals surface area (Å²) in [7, 11) is 0. The highest BCUT2D eigenvalue weighted by Gasteiger charge is 2.44. The fourth-order valence-corrected chi connectivity index (χ4v) is 7.44. The largest absolute Gasteiger partial charge is 0.490 e. The maximum absolute atomic E-state index is 14.0. The number of fused-ring (bicyclic) bond motifs is 1. The standard InChI is InChI=1S/C37H50N4O4.C2HF3O2/c1-28-11-12-33-31(24-28)26-34(45-33)35(42)39-37(15-5-6-16-37)36(43)38-32(25-29-8-3-2-4-9-29)10-7-17-40-18-20-41(21-19-40)27-30-13-22-44-23-14-30;3-2(4,5)1(6)7/h2-4,8-9,11-12,24,26,30,32H,5-7,10,13-23,25,27H2,1H3,(H,38,43)(H,39,42);(H,6,7)/t32-;/m0./s1. The third-order valence-electron chi connectivity index (χ3n) is 10.4. The van der Waals surface area contributed by atoms with E-state index in [0.717, 1.165) is 94.9 Å². The molecule has 52 heavy (non-hydrogen) atoms. The number of aliphatic carboxylic acids is 1. The maximum atomic E-state index is 14.0. The van der Waals surface area contributed by atoms with E-state index in [9.17, 15) is 22.8 Å². The van der Waals surface area contributed by atoms with Crippen molar-refractivity contribution >= 4 is 28.8 Å². The fraction of sp³-hybridized carbons (Fsp3) is 0.564. The number of piperazine rings is 1. The van der Waals surface area contributed by atoms with E-state index >= 15 is 0 Å². The number of aryl methyl sites for hydroxylation is 1. The Morgan fingerprint density at radius 2 is 1.62 bits per heavy atom. The third kappa shape index (κ3) is 11.3. The molecular weight excluding hydrogens is 677 g/mol. The zero-order chi connectivity index (χ0) is 37.1. The van der Waals surface area contributed by atoms with E-state index in [-0.39, 0.29) is 23.6 Å². The number of benzene rings is 2. The Balaban J connectivity index is 0.000000679. The lowest BCUT2D eigenvalue weighted by atomic mass is 9.93. The van der Waals surface area contributed by atoms with Crippen LogP contribution in [-0.2, 0) is 20.7 Å². The first-order chi connectivity index (χ1) is 24.9. The van der Waals surface area contributed by atoms with E-state index in [1.54, 1.807) is 6.07 Å². The van der Waals surface area contributed by atoms with Crippen molar-refractivity contribution in [3.8, 4) is 0 Å². The van der Waals surface area contributed by atoms with Gasteiger partial charge in [-0.2, -0.15) is 13.2 Å². The van der Waals surface area contributed by atoms with E-state index in [4.69, 9.17) is 19.1 Å². The molecule has 1 saturated carbocycles. The molecule has 2 aromatic carbocycles. The monoisotopic (exact) mass is 728 g/mol. The molecule has 3 N–H and O–H groups in total. The molecule has 2 amide bonds. The van der Waals surface area contributed by atoms with Gasteiger partial charge in [0.1, 0.15) is 11.1 Å². The van der Waals surface area contributed by atoms with E-state index in [2.05, 4.69) is 44.7 Å². The summed E-state index contributed by atoms with van der Waals surface area (Å²) in [6.07, 6.45) is 3.11. The predicted octanol–water partition coefficient (Wildman–Crippen LogP) is 5.97. The lowest BCUT2D eigenvalue weighted by Gasteiger charge is -2.37. The zero-order valence-electron chi connectivity index (χ0n) is 29.9. The van der Waals surface area contributed by atoms with Crippen LogP contribution in [0.2, 0.25) is 0 Å². The first-order valence-electron chi connectivity index (χ1n) is 18.4. The van der Waals surface area contributed by atoms with Gasteiger partial charge < -0.3 is 34.7 Å². The van der Waals surface area contributed by atoms with Crippen LogP contribution in [0, 0.1) is 12.8 Å². The summed E-state index contributed by atoms with van der Waals surface area (Å²) in [5.74, 6) is -2.11. The lowest BCUT2D eigenvalue weighted by Crippen LogP contribution is -2.59. The van der Waals surface area contributed by atoms with Gasteiger partial charge in [-0.3, -0.25) is 9.59 Å². The number of halogens is 3. The number of ether oxygens (including phenoxy) is 1. The van der Waals surface area contributed by atoms with Gasteiger partial charge in [0.05, 0.1) is 0 Å². The molecule has 1 aromatic heterocycles. The van der Waals surface area contributed by atoms with Gasteiger partial charge >= 0.3 is 12.1 Å². The Labute approximate surface area is 303 Å². The number of carbonyl (C=O) groups is 3. The number of alkyl halides is 3. The molecular formula is C39H51F3N4O6. The highest BCUT2D eigenvalue weighted by Crippen LogP contribution is 2.31. The SMILES string of the molecule is Cc1ccc2oc(C(=O)NC3(C(=O)N[C@@H](CCCN4CCN(CC5CCOCC5)CC4)Cc4ccccc4)CCCC3)cc2c1.O=C(O)C(F)(F)F. The number of furan rings is 1. The van der Waals surface area contributed by atoms with E-state index in [1.165, 1.54) is 24.9 Å². The second-order valence-electron chi connectivity index (χ2n) is 14.4. The molecule has 10 nitrogen and oxygen atoms in total. The second kappa shape index (κ2) is 18.2. The Bertz CT molecular complexity index is 1610. The van der Waals surface area contributed by atoms with E-state index in [0.29, 0.717) is 18.4 Å². The number of carboxylic acids is 1. The van der Waals surface area contributed by atoms with Gasteiger partial charge in [-0.15, -0.1) is 0 Å². The van der Waals surface area contributed by atoms with Crippen molar-refractivity contribution in [1.29, 1.82) is 0 Å². The van der Waals surface area contributed by atoms with Crippen LogP contribution in [0.1, 0.15) is 73.0 Å². The van der Waals surface area contributed by atoms with Crippen molar-refractivity contribution in [2.24, 2.45) is 5.92 Å². The summed E-state index contributed by atoms with van der Waals surface area (Å²) in [6, 6.07) is 18.1. The number of hydrogen-bond acceptors (Lipinski definition) is 7. The molecule has 0 radical (unpaired) electrons. The number of rotatable bonds is 12. The van der Waals surface area contributed by atoms with Gasteiger partial charge in [0.2, 0.25) is 5.91 Å². The van der Waals surface area contributed by atoms with Gasteiger partial charge in [0.15, 0.2) is 5.76 Å². The zero-order valence-corrected chi connectivity index (χ0v) is 29.9. The minimum absolute atomic E-state index is 0.00161. The topological polar surface area (TPSA) is 124 Å². The summed E-state index contributed by atoms with van der Waals surface area (Å²) >= 11 is 0. The number of carbonyl (C=O) groups excluding carboxylic acids is 2. The average molecular weight is 729 g/mol. The minimum Gasteiger partial charge on any atom is -0.475 e. The number of amides is 2. The van der Waals surface area contributed by atoms with Crippen LogP contribution in [-0.4, -0.2) is 103 Å². The van der Waals surface area contributed by atoms with E-state index < -0.39 is 17.7 Å². The van der Waals surface area contributed by atoms with Crippen LogP contribution in [0.25, 0.3) is 11.0 Å². The molecule has 1 aliphatic carbocycles. The highest BCUT2D eigenvalue weighted by molar-refractivity contribution is 6.00. The van der Waals surface area contributed by atoms with Crippen LogP contribution >= 0.6 is 0 Å². The van der Waals surface area contributed by atoms with Gasteiger partial charge in [-0.05, 0) is 88.1 Å².